The third-order valence-corrected chi connectivity index (χ3v) is 2.52. The molecule has 0 aliphatic rings. The zero-order valence-electron chi connectivity index (χ0n) is 9.77. The van der Waals surface area contributed by atoms with Crippen molar-refractivity contribution in [3.8, 4) is 0 Å². The molecule has 0 saturated heterocycles. The van der Waals surface area contributed by atoms with Crippen LogP contribution < -0.4 is 5.32 Å². The maximum atomic E-state index is 3.51. The van der Waals surface area contributed by atoms with Crippen LogP contribution in [0.4, 0.5) is 0 Å². The van der Waals surface area contributed by atoms with Crippen LogP contribution in [-0.2, 0) is 0 Å². The molecule has 2 heteroatoms. The van der Waals surface area contributed by atoms with E-state index in [0.717, 1.165) is 6.54 Å². The third kappa shape index (κ3) is 7.03. The predicted molar refractivity (Wildman–Crippen MR) is 60.2 cm³/mol. The molecule has 0 aromatic carbocycles. The highest BCUT2D eigenvalue weighted by atomic mass is 15.1. The first-order valence-corrected chi connectivity index (χ1v) is 5.70. The van der Waals surface area contributed by atoms with Crippen molar-refractivity contribution in [1.29, 1.82) is 0 Å². The van der Waals surface area contributed by atoms with Crippen LogP contribution in [0.15, 0.2) is 0 Å². The van der Waals surface area contributed by atoms with Crippen LogP contribution in [0, 0.1) is 0 Å². The molecule has 2 nitrogen and oxygen atoms in total. The van der Waals surface area contributed by atoms with Gasteiger partial charge in [0.05, 0.1) is 0 Å². The normalized spacial score (nSPS) is 13.6. The Morgan fingerprint density at radius 3 is 2.31 bits per heavy atom. The van der Waals surface area contributed by atoms with E-state index in [2.05, 4.69) is 37.9 Å². The van der Waals surface area contributed by atoms with Crippen molar-refractivity contribution >= 4 is 0 Å². The number of hydrogen-bond donors (Lipinski definition) is 1. The van der Waals surface area contributed by atoms with Crippen LogP contribution >= 0.6 is 0 Å². The molecule has 0 spiro atoms. The lowest BCUT2D eigenvalue weighted by molar-refractivity contribution is 0.283. The van der Waals surface area contributed by atoms with E-state index in [1.807, 2.05) is 0 Å². The molecule has 0 heterocycles. The van der Waals surface area contributed by atoms with E-state index in [0.29, 0.717) is 6.04 Å². The monoisotopic (exact) mass is 186 g/mol. The summed E-state index contributed by atoms with van der Waals surface area (Å²) in [4.78, 5) is 2.50. The van der Waals surface area contributed by atoms with Gasteiger partial charge in [0.2, 0.25) is 0 Å². The van der Waals surface area contributed by atoms with Crippen molar-refractivity contribution in [2.24, 2.45) is 0 Å². The second kappa shape index (κ2) is 8.52. The summed E-state index contributed by atoms with van der Waals surface area (Å²) in [6.07, 6.45) is 2.48. The molecule has 0 radical (unpaired) electrons. The summed E-state index contributed by atoms with van der Waals surface area (Å²) in [5, 5.41) is 3.51. The van der Waals surface area contributed by atoms with E-state index < -0.39 is 0 Å². The highest BCUT2D eigenvalue weighted by Gasteiger charge is 2.01. The number of nitrogens with one attached hydrogen (secondary N) is 1. The van der Waals surface area contributed by atoms with Gasteiger partial charge in [0.15, 0.2) is 0 Å². The smallest absolute Gasteiger partial charge is 0.0107 e. The Balaban J connectivity index is 3.37. The molecule has 0 aromatic heterocycles. The van der Waals surface area contributed by atoms with Crippen LogP contribution in [-0.4, -0.2) is 37.1 Å². The molecular weight excluding hydrogens is 160 g/mol. The van der Waals surface area contributed by atoms with Crippen molar-refractivity contribution < 1.29 is 0 Å². The molecule has 1 atom stereocenters. The highest BCUT2D eigenvalue weighted by Crippen LogP contribution is 1.91. The third-order valence-electron chi connectivity index (χ3n) is 2.52. The van der Waals surface area contributed by atoms with Crippen LogP contribution in [0.5, 0.6) is 0 Å². The Bertz CT molecular complexity index is 104. The van der Waals surface area contributed by atoms with Gasteiger partial charge in [-0.3, -0.25) is 0 Å². The fourth-order valence-electron chi connectivity index (χ4n) is 1.36. The van der Waals surface area contributed by atoms with Crippen molar-refractivity contribution in [2.45, 2.75) is 46.6 Å². The first kappa shape index (κ1) is 12.9. The molecule has 80 valence electrons. The SMILES string of the molecule is CCCN(CC)CCNC(C)CC. The summed E-state index contributed by atoms with van der Waals surface area (Å²) in [7, 11) is 0. The minimum Gasteiger partial charge on any atom is -0.313 e. The lowest BCUT2D eigenvalue weighted by Gasteiger charge is -2.20. The predicted octanol–water partition coefficient (Wildman–Crippen LogP) is 2.11. The molecule has 0 aliphatic carbocycles. The second-order valence-electron chi connectivity index (χ2n) is 3.70. The quantitative estimate of drug-likeness (QED) is 0.624. The molecule has 0 rings (SSSR count). The Hall–Kier alpha value is -0.0800. The summed E-state index contributed by atoms with van der Waals surface area (Å²) in [5.41, 5.74) is 0. The molecular formula is C11H26N2. The standard InChI is InChI=1S/C11H26N2/c1-5-9-13(7-3)10-8-12-11(4)6-2/h11-12H,5-10H2,1-4H3. The van der Waals surface area contributed by atoms with E-state index in [4.69, 9.17) is 0 Å². The number of hydrogen-bond acceptors (Lipinski definition) is 2. The topological polar surface area (TPSA) is 15.3 Å². The zero-order valence-corrected chi connectivity index (χ0v) is 9.77. The van der Waals surface area contributed by atoms with E-state index in [1.54, 1.807) is 0 Å². The van der Waals surface area contributed by atoms with Crippen molar-refractivity contribution in [3.05, 3.63) is 0 Å². The fourth-order valence-corrected chi connectivity index (χ4v) is 1.36. The van der Waals surface area contributed by atoms with Crippen molar-refractivity contribution in [3.63, 3.8) is 0 Å². The van der Waals surface area contributed by atoms with Gasteiger partial charge in [0, 0.05) is 19.1 Å². The molecule has 0 aromatic rings. The average molecular weight is 186 g/mol. The lowest BCUT2D eigenvalue weighted by atomic mass is 10.2. The van der Waals surface area contributed by atoms with Crippen molar-refractivity contribution in [2.75, 3.05) is 26.2 Å². The Labute approximate surface area is 83.7 Å². The van der Waals surface area contributed by atoms with Crippen LogP contribution in [0.3, 0.4) is 0 Å². The van der Waals surface area contributed by atoms with E-state index in [9.17, 15) is 0 Å². The van der Waals surface area contributed by atoms with Gasteiger partial charge in [0.1, 0.15) is 0 Å². The van der Waals surface area contributed by atoms with Gasteiger partial charge in [0.25, 0.3) is 0 Å². The second-order valence-corrected chi connectivity index (χ2v) is 3.70. The molecule has 0 saturated carbocycles. The van der Waals surface area contributed by atoms with Crippen LogP contribution in [0.25, 0.3) is 0 Å². The highest BCUT2D eigenvalue weighted by molar-refractivity contribution is 4.61. The maximum absolute atomic E-state index is 3.51. The average Bonchev–Trinajstić information content (AvgIpc) is 2.16. The Morgan fingerprint density at radius 1 is 1.15 bits per heavy atom. The molecule has 0 fully saturated rings. The summed E-state index contributed by atoms with van der Waals surface area (Å²) in [6, 6.07) is 0.667. The summed E-state index contributed by atoms with van der Waals surface area (Å²) in [5.74, 6) is 0. The maximum Gasteiger partial charge on any atom is 0.0107 e. The molecule has 1 N–H and O–H groups in total. The number of rotatable bonds is 8. The minimum atomic E-state index is 0.667. The molecule has 13 heavy (non-hydrogen) atoms. The summed E-state index contributed by atoms with van der Waals surface area (Å²) >= 11 is 0. The van der Waals surface area contributed by atoms with Gasteiger partial charge in [-0.15, -0.1) is 0 Å². The van der Waals surface area contributed by atoms with E-state index in [1.165, 1.54) is 32.5 Å². The van der Waals surface area contributed by atoms with Gasteiger partial charge in [-0.25, -0.2) is 0 Å². The van der Waals surface area contributed by atoms with Gasteiger partial charge < -0.3 is 10.2 Å². The summed E-state index contributed by atoms with van der Waals surface area (Å²) < 4.78 is 0. The number of nitrogens with zero attached hydrogens (tertiary/aromatic N) is 1. The van der Waals surface area contributed by atoms with Gasteiger partial charge in [-0.2, -0.15) is 0 Å². The van der Waals surface area contributed by atoms with Crippen molar-refractivity contribution in [1.82, 2.24) is 10.2 Å². The van der Waals surface area contributed by atoms with Gasteiger partial charge >= 0.3 is 0 Å². The van der Waals surface area contributed by atoms with Gasteiger partial charge in [-0.05, 0) is 32.9 Å². The number of likely N-dealkylation sites (N-methyl/N-ethyl adjacent to an activating group) is 1. The first-order chi connectivity index (χ1) is 6.24. The molecule has 0 aliphatic heterocycles. The first-order valence-electron chi connectivity index (χ1n) is 5.70. The fraction of sp³-hybridized carbons (Fsp3) is 1.00. The summed E-state index contributed by atoms with van der Waals surface area (Å²) in [6.45, 7) is 13.7. The van der Waals surface area contributed by atoms with Crippen LogP contribution in [0.2, 0.25) is 0 Å². The zero-order chi connectivity index (χ0) is 10.1. The molecule has 1 unspecified atom stereocenters. The van der Waals surface area contributed by atoms with Crippen LogP contribution in [0.1, 0.15) is 40.5 Å². The van der Waals surface area contributed by atoms with E-state index in [-0.39, 0.29) is 0 Å². The Morgan fingerprint density at radius 2 is 1.85 bits per heavy atom. The largest absolute Gasteiger partial charge is 0.313 e. The molecule has 0 amide bonds. The molecule has 0 bridgehead atoms. The Kier molecular flexibility index (Phi) is 8.46. The van der Waals surface area contributed by atoms with E-state index >= 15 is 0 Å². The van der Waals surface area contributed by atoms with Gasteiger partial charge in [-0.1, -0.05) is 20.8 Å². The lowest BCUT2D eigenvalue weighted by Crippen LogP contribution is -2.36. The minimum absolute atomic E-state index is 0.667.